The second kappa shape index (κ2) is 6.80. The SMILES string of the molecule is Cc1ccc(Cn2c(C(C)C)cnc2SCC(=O)O)cc1. The number of hydrogen-bond acceptors (Lipinski definition) is 3. The first-order valence-electron chi connectivity index (χ1n) is 6.93. The number of aliphatic carboxylic acids is 1. The smallest absolute Gasteiger partial charge is 0.313 e. The number of imidazole rings is 1. The van der Waals surface area contributed by atoms with Gasteiger partial charge in [0.05, 0.1) is 5.75 Å². The molecule has 0 aliphatic heterocycles. The largest absolute Gasteiger partial charge is 0.481 e. The normalized spacial score (nSPS) is 11.0. The van der Waals surface area contributed by atoms with Crippen LogP contribution in [-0.2, 0) is 11.3 Å². The second-order valence-corrected chi connectivity index (χ2v) is 6.32. The van der Waals surface area contributed by atoms with E-state index in [1.807, 2.05) is 6.20 Å². The summed E-state index contributed by atoms with van der Waals surface area (Å²) in [5, 5.41) is 9.61. The lowest BCUT2D eigenvalue weighted by Gasteiger charge is -2.14. The third kappa shape index (κ3) is 4.11. The standard InChI is InChI=1S/C16H20N2O2S/c1-11(2)14-8-17-16(21-10-15(19)20)18(14)9-13-6-4-12(3)5-7-13/h4-8,11H,9-10H2,1-3H3,(H,19,20). The summed E-state index contributed by atoms with van der Waals surface area (Å²) in [6.45, 7) is 7.02. The Balaban J connectivity index is 2.27. The summed E-state index contributed by atoms with van der Waals surface area (Å²) < 4.78 is 2.11. The zero-order valence-corrected chi connectivity index (χ0v) is 13.4. The van der Waals surface area contributed by atoms with Gasteiger partial charge in [-0.25, -0.2) is 4.98 Å². The lowest BCUT2D eigenvalue weighted by atomic mass is 10.1. The fraction of sp³-hybridized carbons (Fsp3) is 0.375. The number of carboxylic acids is 1. The quantitative estimate of drug-likeness (QED) is 0.829. The van der Waals surface area contributed by atoms with Gasteiger partial charge in [0.15, 0.2) is 5.16 Å². The van der Waals surface area contributed by atoms with Gasteiger partial charge in [0.2, 0.25) is 0 Å². The van der Waals surface area contributed by atoms with Crippen LogP contribution >= 0.6 is 11.8 Å². The van der Waals surface area contributed by atoms with Crippen LogP contribution in [0, 0.1) is 6.92 Å². The molecule has 2 aromatic rings. The first-order chi connectivity index (χ1) is 9.97. The number of hydrogen-bond donors (Lipinski definition) is 1. The highest BCUT2D eigenvalue weighted by atomic mass is 32.2. The van der Waals surface area contributed by atoms with Gasteiger partial charge in [-0.05, 0) is 18.4 Å². The Morgan fingerprint density at radius 1 is 1.33 bits per heavy atom. The van der Waals surface area contributed by atoms with Crippen LogP contribution in [-0.4, -0.2) is 26.4 Å². The minimum atomic E-state index is -0.823. The number of carbonyl (C=O) groups is 1. The van der Waals surface area contributed by atoms with Crippen LogP contribution in [0.5, 0.6) is 0 Å². The molecule has 0 saturated heterocycles. The molecule has 0 bridgehead atoms. The Labute approximate surface area is 129 Å². The third-order valence-corrected chi connectivity index (χ3v) is 4.20. The Kier molecular flexibility index (Phi) is 5.07. The first kappa shape index (κ1) is 15.6. The van der Waals surface area contributed by atoms with Crippen LogP contribution < -0.4 is 0 Å². The summed E-state index contributed by atoms with van der Waals surface area (Å²) >= 11 is 1.27. The van der Waals surface area contributed by atoms with Crippen LogP contribution in [0.3, 0.4) is 0 Å². The summed E-state index contributed by atoms with van der Waals surface area (Å²) in [6, 6.07) is 8.38. The molecule has 0 aliphatic carbocycles. The molecule has 0 atom stereocenters. The number of aryl methyl sites for hydroxylation is 1. The summed E-state index contributed by atoms with van der Waals surface area (Å²) in [5.74, 6) is -0.444. The van der Waals surface area contributed by atoms with Crippen molar-refractivity contribution in [2.75, 3.05) is 5.75 Å². The third-order valence-electron chi connectivity index (χ3n) is 3.23. The minimum Gasteiger partial charge on any atom is -0.481 e. The molecule has 5 heteroatoms. The molecular formula is C16H20N2O2S. The number of carboxylic acid groups (broad SMARTS) is 1. The van der Waals surface area contributed by atoms with E-state index in [9.17, 15) is 4.79 Å². The number of aromatic nitrogens is 2. The summed E-state index contributed by atoms with van der Waals surface area (Å²) in [7, 11) is 0. The van der Waals surface area contributed by atoms with Crippen LogP contribution in [0.2, 0.25) is 0 Å². The molecule has 4 nitrogen and oxygen atoms in total. The van der Waals surface area contributed by atoms with Crippen LogP contribution in [0.25, 0.3) is 0 Å². The molecule has 21 heavy (non-hydrogen) atoms. The predicted octanol–water partition coefficient (Wildman–Crippen LogP) is 3.54. The van der Waals surface area contributed by atoms with Crippen molar-refractivity contribution in [2.45, 2.75) is 38.4 Å². The highest BCUT2D eigenvalue weighted by molar-refractivity contribution is 7.99. The summed E-state index contributed by atoms with van der Waals surface area (Å²) in [5.41, 5.74) is 3.55. The Bertz CT molecular complexity index is 618. The van der Waals surface area contributed by atoms with Crippen LogP contribution in [0.15, 0.2) is 35.6 Å². The Morgan fingerprint density at radius 3 is 2.57 bits per heavy atom. The van der Waals surface area contributed by atoms with Gasteiger partial charge in [-0.1, -0.05) is 55.4 Å². The predicted molar refractivity (Wildman–Crippen MR) is 85.0 cm³/mol. The van der Waals surface area contributed by atoms with Crippen molar-refractivity contribution >= 4 is 17.7 Å². The van der Waals surface area contributed by atoms with Gasteiger partial charge in [-0.2, -0.15) is 0 Å². The van der Waals surface area contributed by atoms with E-state index in [1.54, 1.807) is 0 Å². The molecule has 0 aliphatic rings. The minimum absolute atomic E-state index is 0.0302. The van der Waals surface area contributed by atoms with E-state index in [2.05, 4.69) is 54.6 Å². The Hall–Kier alpha value is -1.75. The van der Waals surface area contributed by atoms with E-state index >= 15 is 0 Å². The maximum atomic E-state index is 10.8. The van der Waals surface area contributed by atoms with Gasteiger partial charge in [-0.15, -0.1) is 0 Å². The van der Waals surface area contributed by atoms with Crippen molar-refractivity contribution in [2.24, 2.45) is 0 Å². The summed E-state index contributed by atoms with van der Waals surface area (Å²) in [4.78, 5) is 15.1. The van der Waals surface area contributed by atoms with Gasteiger partial charge in [0, 0.05) is 18.4 Å². The molecule has 1 aromatic heterocycles. The van der Waals surface area contributed by atoms with E-state index in [-0.39, 0.29) is 5.75 Å². The van der Waals surface area contributed by atoms with E-state index in [0.29, 0.717) is 5.92 Å². The molecule has 1 aromatic carbocycles. The molecule has 1 heterocycles. The van der Waals surface area contributed by atoms with Crippen molar-refractivity contribution < 1.29 is 9.90 Å². The van der Waals surface area contributed by atoms with E-state index in [4.69, 9.17) is 5.11 Å². The zero-order chi connectivity index (χ0) is 15.4. The number of thioether (sulfide) groups is 1. The fourth-order valence-corrected chi connectivity index (χ4v) is 2.81. The molecule has 0 saturated carbocycles. The maximum Gasteiger partial charge on any atom is 0.313 e. The van der Waals surface area contributed by atoms with Crippen LogP contribution in [0.4, 0.5) is 0 Å². The van der Waals surface area contributed by atoms with Gasteiger partial charge in [0.1, 0.15) is 0 Å². The molecule has 0 unspecified atom stereocenters. The van der Waals surface area contributed by atoms with Crippen molar-refractivity contribution in [3.8, 4) is 0 Å². The van der Waals surface area contributed by atoms with Gasteiger partial charge in [0.25, 0.3) is 0 Å². The van der Waals surface area contributed by atoms with Crippen molar-refractivity contribution in [3.05, 3.63) is 47.3 Å². The highest BCUT2D eigenvalue weighted by Gasteiger charge is 2.14. The highest BCUT2D eigenvalue weighted by Crippen LogP contribution is 2.24. The molecule has 0 radical (unpaired) electrons. The molecule has 112 valence electrons. The van der Waals surface area contributed by atoms with E-state index in [0.717, 1.165) is 17.4 Å². The van der Waals surface area contributed by atoms with Gasteiger partial charge < -0.3 is 9.67 Å². The molecule has 2 rings (SSSR count). The lowest BCUT2D eigenvalue weighted by Crippen LogP contribution is -2.08. The number of nitrogens with zero attached hydrogens (tertiary/aromatic N) is 2. The Morgan fingerprint density at radius 2 is 2.00 bits per heavy atom. The van der Waals surface area contributed by atoms with E-state index in [1.165, 1.54) is 22.9 Å². The van der Waals surface area contributed by atoms with E-state index < -0.39 is 5.97 Å². The molecule has 0 spiro atoms. The first-order valence-corrected chi connectivity index (χ1v) is 7.91. The van der Waals surface area contributed by atoms with Crippen molar-refractivity contribution in [1.82, 2.24) is 9.55 Å². The number of benzene rings is 1. The molecule has 1 N–H and O–H groups in total. The average molecular weight is 304 g/mol. The average Bonchev–Trinajstić information content (AvgIpc) is 2.82. The number of rotatable bonds is 6. The monoisotopic (exact) mass is 304 g/mol. The maximum absolute atomic E-state index is 10.8. The zero-order valence-electron chi connectivity index (χ0n) is 12.5. The molecule has 0 amide bonds. The van der Waals surface area contributed by atoms with Gasteiger partial charge in [-0.3, -0.25) is 4.79 Å². The molecule has 0 fully saturated rings. The fourth-order valence-electron chi connectivity index (χ4n) is 2.11. The second-order valence-electron chi connectivity index (χ2n) is 5.37. The summed E-state index contributed by atoms with van der Waals surface area (Å²) in [6.07, 6.45) is 1.85. The lowest BCUT2D eigenvalue weighted by molar-refractivity contribution is -0.133. The van der Waals surface area contributed by atoms with Crippen LogP contribution in [0.1, 0.15) is 36.6 Å². The molecular weight excluding hydrogens is 284 g/mol. The van der Waals surface area contributed by atoms with Crippen molar-refractivity contribution in [1.29, 1.82) is 0 Å². The topological polar surface area (TPSA) is 55.1 Å². The van der Waals surface area contributed by atoms with Gasteiger partial charge >= 0.3 is 5.97 Å². The van der Waals surface area contributed by atoms with Crippen molar-refractivity contribution in [3.63, 3.8) is 0 Å².